The van der Waals surface area contributed by atoms with Crippen LogP contribution in [0.3, 0.4) is 0 Å². The number of rotatable bonds is 48. The molecule has 2 heterocycles. The molecule has 2 aromatic rings. The lowest BCUT2D eigenvalue weighted by molar-refractivity contribution is -0.143. The van der Waals surface area contributed by atoms with Gasteiger partial charge in [-0.25, -0.2) is 17.9 Å². The molecule has 4 rings (SSSR count). The zero-order valence-corrected chi connectivity index (χ0v) is 61.3. The summed E-state index contributed by atoms with van der Waals surface area (Å²) in [5, 5.41) is 18.5. The highest BCUT2D eigenvalue weighted by Crippen LogP contribution is 2.30. The van der Waals surface area contributed by atoms with E-state index in [1.807, 2.05) is 62.9 Å². The van der Waals surface area contributed by atoms with Gasteiger partial charge in [-0.1, -0.05) is 99.1 Å². The van der Waals surface area contributed by atoms with Crippen LogP contribution in [0.2, 0.25) is 0 Å². The maximum absolute atomic E-state index is 14.7. The number of sulfonamides is 1. The summed E-state index contributed by atoms with van der Waals surface area (Å²) in [5.41, 5.74) is 6.25. The third-order valence-corrected chi connectivity index (χ3v) is 20.0. The van der Waals surface area contributed by atoms with E-state index < -0.39 is 64.0 Å². The molecule has 1 fully saturated rings. The van der Waals surface area contributed by atoms with E-state index in [0.717, 1.165) is 48.5 Å². The fourth-order valence-electron chi connectivity index (χ4n) is 12.4. The maximum Gasteiger partial charge on any atom is 0.312 e. The Bertz CT molecular complexity index is 2850. The number of imide groups is 1. The SMILES string of the molecule is CC[C@@H](C)[C@@H]([C@@H](CC(=O)N1CCC[C@H]1[C@H](OC)[C@H](C)CN[C@@H](Cc1ccccc1)C(=O)NS(=O)(=O)c1ccc(NC(=O)[C@H](CCCNC(N)=O)N[C@H](COCCOCCOCCC(=O)NC(C)C(C)C)N2C(=O)C=CC2=O)cc1)OC)N(C)C[C@@H](NC[C@H](C(C)C)N(C)C)C(C)C. The van der Waals surface area contributed by atoms with Crippen LogP contribution in [0.1, 0.15) is 120 Å². The lowest BCUT2D eigenvalue weighted by Gasteiger charge is -2.41. The minimum atomic E-state index is -4.50. The van der Waals surface area contributed by atoms with Crippen LogP contribution < -0.4 is 42.4 Å². The zero-order chi connectivity index (χ0) is 71.9. The minimum absolute atomic E-state index is 0.0126. The Kier molecular flexibility index (Phi) is 36.9. The maximum atomic E-state index is 14.7. The summed E-state index contributed by atoms with van der Waals surface area (Å²) in [5.74, 6) is -1.69. The first-order valence-corrected chi connectivity index (χ1v) is 36.1. The number of anilines is 1. The number of carbonyl (C=O) groups is 7. The molecule has 9 N–H and O–H groups in total. The van der Waals surface area contributed by atoms with Crippen molar-refractivity contribution in [1.29, 1.82) is 0 Å². The average molecular weight is 1380 g/mol. The molecule has 0 aromatic heterocycles. The Morgan fingerprint density at radius 2 is 1.38 bits per heavy atom. The van der Waals surface area contributed by atoms with Crippen LogP contribution in [-0.4, -0.2) is 238 Å². The molecule has 0 spiro atoms. The molecule has 12 atom stereocenters. The molecule has 8 amide bonds. The zero-order valence-electron chi connectivity index (χ0n) is 60.4. The van der Waals surface area contributed by atoms with Crippen LogP contribution in [0.15, 0.2) is 71.6 Å². The summed E-state index contributed by atoms with van der Waals surface area (Å²) in [6.07, 6.45) is 3.49. The number of hydrogen-bond acceptors (Lipinski definition) is 19. The second kappa shape index (κ2) is 42.9. The average Bonchev–Trinajstić information content (AvgIpc) is 1.81. The number of ether oxygens (including phenoxy) is 5. The number of amides is 8. The van der Waals surface area contributed by atoms with Gasteiger partial charge >= 0.3 is 6.03 Å². The highest BCUT2D eigenvalue weighted by Gasteiger charge is 2.41. The van der Waals surface area contributed by atoms with E-state index in [1.165, 1.54) is 24.3 Å². The number of nitrogens with one attached hydrogen (secondary N) is 7. The van der Waals surface area contributed by atoms with E-state index in [2.05, 4.69) is 109 Å². The Morgan fingerprint density at radius 3 is 1.96 bits per heavy atom. The van der Waals surface area contributed by atoms with E-state index >= 15 is 0 Å². The number of urea groups is 1. The highest BCUT2D eigenvalue weighted by molar-refractivity contribution is 7.90. The number of likely N-dealkylation sites (N-methyl/N-ethyl adjacent to an activating group) is 2. The molecule has 1 saturated heterocycles. The lowest BCUT2D eigenvalue weighted by atomic mass is 9.89. The molecule has 0 aliphatic carbocycles. The summed E-state index contributed by atoms with van der Waals surface area (Å²) in [4.78, 5) is 100. The number of nitrogens with two attached hydrogens (primary N) is 1. The van der Waals surface area contributed by atoms with Crippen molar-refractivity contribution < 1.29 is 65.7 Å². The molecule has 2 aliphatic rings. The predicted molar refractivity (Wildman–Crippen MR) is 375 cm³/mol. The first-order chi connectivity index (χ1) is 46.0. The van der Waals surface area contributed by atoms with E-state index in [9.17, 15) is 42.0 Å². The first-order valence-electron chi connectivity index (χ1n) is 34.6. The Morgan fingerprint density at radius 1 is 0.742 bits per heavy atom. The van der Waals surface area contributed by atoms with Gasteiger partial charge in [-0.15, -0.1) is 0 Å². The second-order valence-electron chi connectivity index (χ2n) is 27.1. The number of methoxy groups -OCH3 is 2. The second-order valence-corrected chi connectivity index (χ2v) is 28.8. The molecule has 0 saturated carbocycles. The molecule has 0 bridgehead atoms. The van der Waals surface area contributed by atoms with Crippen molar-refractivity contribution in [3.63, 3.8) is 0 Å². The van der Waals surface area contributed by atoms with Crippen molar-refractivity contribution in [3.8, 4) is 0 Å². The molecular formula is C70H118N12O14S. The van der Waals surface area contributed by atoms with Crippen LogP contribution in [0.25, 0.3) is 0 Å². The third-order valence-electron chi connectivity index (χ3n) is 18.6. The van der Waals surface area contributed by atoms with E-state index in [0.29, 0.717) is 36.8 Å². The number of primary amides is 1. The predicted octanol–water partition coefficient (Wildman–Crippen LogP) is 4.48. The summed E-state index contributed by atoms with van der Waals surface area (Å²) in [6.45, 7) is 24.5. The smallest absolute Gasteiger partial charge is 0.312 e. The van der Waals surface area contributed by atoms with Gasteiger partial charge in [-0.2, -0.15) is 0 Å². The Labute approximate surface area is 578 Å². The summed E-state index contributed by atoms with van der Waals surface area (Å²) in [6, 6.07) is 11.8. The number of benzene rings is 2. The van der Waals surface area contributed by atoms with Gasteiger partial charge in [0.05, 0.1) is 81.3 Å². The molecular weight excluding hydrogens is 1260 g/mol. The number of carbonyl (C=O) groups excluding carboxylic acids is 7. The third kappa shape index (κ3) is 27.9. The van der Waals surface area contributed by atoms with Gasteiger partial charge in [0.2, 0.25) is 17.7 Å². The van der Waals surface area contributed by atoms with Gasteiger partial charge in [0.1, 0.15) is 6.17 Å². The van der Waals surface area contributed by atoms with Crippen LogP contribution in [-0.2, 0) is 68.9 Å². The quantitative estimate of drug-likeness (QED) is 0.0334. The normalized spacial score (nSPS) is 17.9. The molecule has 0 radical (unpaired) electrons. The molecule has 27 heteroatoms. The minimum Gasteiger partial charge on any atom is -0.379 e. The number of likely N-dealkylation sites (tertiary alicyclic amines) is 1. The number of hydrogen-bond donors (Lipinski definition) is 8. The monoisotopic (exact) mass is 1380 g/mol. The van der Waals surface area contributed by atoms with Crippen molar-refractivity contribution in [2.75, 3.05) is 113 Å². The van der Waals surface area contributed by atoms with Crippen LogP contribution in [0, 0.1) is 29.6 Å². The fraction of sp³-hybridized carbons (Fsp3) is 0.700. The standard InChI is InChI=1S/C70H118N12O14S/c1-16-49(8)66(80(13)44-57(47(4)5)74-43-59(48(6)7)79(11)12)60(92-14)41-65(86)81-34-21-25-58(81)67(93-15)50(9)42-73-56(40-52-22-18-17-19-23-52)69(88)78-97(90,91)54-28-26-53(27-29-54)76-68(87)55(24-20-33-72-70(71)89)77-61(82-63(84)30-31-64(82)85)45-96-39-38-95-37-36-94-35-32-62(83)75-51(10)46(2)3/h17-19,22-23,26-31,46-51,55-61,66-67,73-74,77H,16,20-21,24-25,32-45H2,1-15H3,(H,75,83)(H,76,87)(H,78,88)(H3,71,72,89)/t49-,50-,51?,55+,56+,57-,58+,59-,60-,61+,66+,67-/m1/s1. The van der Waals surface area contributed by atoms with Crippen molar-refractivity contribution in [1.82, 2.24) is 50.9 Å². The van der Waals surface area contributed by atoms with Crippen molar-refractivity contribution in [3.05, 3.63) is 72.3 Å². The van der Waals surface area contributed by atoms with Gasteiger partial charge in [0.15, 0.2) is 0 Å². The van der Waals surface area contributed by atoms with Gasteiger partial charge in [-0.3, -0.25) is 43.9 Å². The highest BCUT2D eigenvalue weighted by atomic mass is 32.2. The van der Waals surface area contributed by atoms with Crippen LogP contribution in [0.4, 0.5) is 10.5 Å². The topological polar surface area (TPSA) is 323 Å². The summed E-state index contributed by atoms with van der Waals surface area (Å²) >= 11 is 0. The van der Waals surface area contributed by atoms with Crippen LogP contribution >= 0.6 is 0 Å². The van der Waals surface area contributed by atoms with Crippen molar-refractivity contribution >= 4 is 57.2 Å². The van der Waals surface area contributed by atoms with E-state index in [4.69, 9.17) is 29.4 Å². The molecule has 2 aliphatic heterocycles. The van der Waals surface area contributed by atoms with E-state index in [-0.39, 0.29) is 149 Å². The largest absolute Gasteiger partial charge is 0.379 e. The van der Waals surface area contributed by atoms with Crippen molar-refractivity contribution in [2.45, 2.75) is 186 Å². The number of nitrogens with zero attached hydrogens (tertiary/aromatic N) is 4. The lowest BCUT2D eigenvalue weighted by Crippen LogP contribution is -2.57. The van der Waals surface area contributed by atoms with Gasteiger partial charge < -0.3 is 65.8 Å². The van der Waals surface area contributed by atoms with Gasteiger partial charge in [0.25, 0.3) is 27.7 Å². The molecule has 548 valence electrons. The van der Waals surface area contributed by atoms with Gasteiger partial charge in [0, 0.05) is 95.4 Å². The Hall–Kier alpha value is -5.98. The summed E-state index contributed by atoms with van der Waals surface area (Å²) in [7, 11) is 5.22. The van der Waals surface area contributed by atoms with Crippen molar-refractivity contribution in [2.24, 2.45) is 35.3 Å². The van der Waals surface area contributed by atoms with Crippen LogP contribution in [0.5, 0.6) is 0 Å². The Balaban J connectivity index is 1.43. The molecule has 97 heavy (non-hydrogen) atoms. The molecule has 2 aromatic carbocycles. The summed E-state index contributed by atoms with van der Waals surface area (Å²) < 4.78 is 59.9. The first kappa shape index (κ1) is 83.4. The molecule has 1 unspecified atom stereocenters. The molecule has 26 nitrogen and oxygen atoms in total. The van der Waals surface area contributed by atoms with E-state index in [1.54, 1.807) is 14.2 Å². The van der Waals surface area contributed by atoms with Gasteiger partial charge in [-0.05, 0) is 120 Å². The fourth-order valence-corrected chi connectivity index (χ4v) is 13.4.